The zero-order chi connectivity index (χ0) is 45.8. The highest BCUT2D eigenvalue weighted by molar-refractivity contribution is 7.91. The van der Waals surface area contributed by atoms with Crippen LogP contribution in [0.25, 0.3) is 21.6 Å². The third kappa shape index (κ3) is 9.04. The molecule has 3 fully saturated rings. The molecule has 4 heterocycles. The molecule has 64 heavy (non-hydrogen) atoms. The van der Waals surface area contributed by atoms with E-state index in [1.807, 2.05) is 36.6 Å². The number of rotatable bonds is 10. The number of benzene rings is 2. The van der Waals surface area contributed by atoms with Gasteiger partial charge in [0.2, 0.25) is 21.8 Å². The minimum Gasteiger partial charge on any atom is -0.496 e. The molecule has 3 amide bonds. The molecule has 5 atom stereocenters. The second-order valence-electron chi connectivity index (χ2n) is 18.0. The number of halogens is 3. The summed E-state index contributed by atoms with van der Waals surface area (Å²) in [5.74, 6) is -1.20. The van der Waals surface area contributed by atoms with Crippen LogP contribution in [0.2, 0.25) is 0 Å². The number of amides is 3. The number of carbonyl (C=O) groups excluding carboxylic acids is 3. The van der Waals surface area contributed by atoms with Crippen molar-refractivity contribution in [3.8, 4) is 22.2 Å². The zero-order valence-electron chi connectivity index (χ0n) is 36.4. The molecule has 18 heteroatoms. The number of aryl methyl sites for hydroxylation is 1. The van der Waals surface area contributed by atoms with E-state index < -0.39 is 73.9 Å². The summed E-state index contributed by atoms with van der Waals surface area (Å²) in [7, 11) is -2.47. The molecule has 0 spiro atoms. The average Bonchev–Trinajstić information content (AvgIpc) is 4.02. The number of alkyl halides is 3. The minimum absolute atomic E-state index is 0.00217. The number of sulfonamides is 1. The Hall–Kier alpha value is -5.23. The van der Waals surface area contributed by atoms with E-state index >= 15 is 0 Å². The van der Waals surface area contributed by atoms with Crippen LogP contribution in [0.5, 0.6) is 11.5 Å². The van der Waals surface area contributed by atoms with Crippen LogP contribution in [0.4, 0.5) is 18.9 Å². The fourth-order valence-electron chi connectivity index (χ4n) is 8.56. The van der Waals surface area contributed by atoms with E-state index in [2.05, 4.69) is 29.2 Å². The minimum atomic E-state index is -4.55. The van der Waals surface area contributed by atoms with Gasteiger partial charge >= 0.3 is 6.18 Å². The fraction of sp³-hybridized carbons (Fsp3) is 0.500. The van der Waals surface area contributed by atoms with E-state index in [9.17, 15) is 36.0 Å². The highest BCUT2D eigenvalue weighted by Crippen LogP contribution is 2.48. The van der Waals surface area contributed by atoms with E-state index in [4.69, 9.17) is 19.4 Å². The van der Waals surface area contributed by atoms with Crippen molar-refractivity contribution < 1.29 is 45.4 Å². The summed E-state index contributed by atoms with van der Waals surface area (Å²) in [5.41, 5.74) is 0.754. The van der Waals surface area contributed by atoms with Crippen molar-refractivity contribution >= 4 is 55.7 Å². The first-order valence-electron chi connectivity index (χ1n) is 21.7. The number of allylic oxidation sites excluding steroid dienone is 1. The number of ether oxygens (including phenoxy) is 2. The first kappa shape index (κ1) is 45.3. The molecule has 0 unspecified atom stereocenters. The molecule has 8 rings (SSSR count). The number of fused-ring (bicyclic) bond motifs is 3. The largest absolute Gasteiger partial charge is 0.496 e. The number of aromatic nitrogens is 2. The van der Waals surface area contributed by atoms with Gasteiger partial charge in [-0.2, -0.15) is 13.2 Å². The van der Waals surface area contributed by atoms with Crippen molar-refractivity contribution in [2.75, 3.05) is 19.0 Å². The molecule has 2 aliphatic carbocycles. The molecule has 0 radical (unpaired) electrons. The number of thiazole rings is 1. The van der Waals surface area contributed by atoms with Gasteiger partial charge in [0, 0.05) is 40.4 Å². The van der Waals surface area contributed by atoms with Gasteiger partial charge in [0.25, 0.3) is 5.91 Å². The quantitative estimate of drug-likeness (QED) is 0.132. The van der Waals surface area contributed by atoms with Crippen molar-refractivity contribution in [3.63, 3.8) is 0 Å². The first-order valence-corrected chi connectivity index (χ1v) is 24.1. The third-order valence-electron chi connectivity index (χ3n) is 13.0. The van der Waals surface area contributed by atoms with Gasteiger partial charge in [-0.1, -0.05) is 38.8 Å². The molecule has 342 valence electrons. The predicted octanol–water partition coefficient (Wildman–Crippen LogP) is 8.04. The van der Waals surface area contributed by atoms with E-state index in [0.29, 0.717) is 70.9 Å². The lowest BCUT2D eigenvalue weighted by Gasteiger charge is -2.30. The Morgan fingerprint density at radius 1 is 1.05 bits per heavy atom. The summed E-state index contributed by atoms with van der Waals surface area (Å²) < 4.78 is 80.7. The highest BCUT2D eigenvalue weighted by Gasteiger charge is 2.63. The van der Waals surface area contributed by atoms with Gasteiger partial charge in [-0.15, -0.1) is 11.3 Å². The molecule has 2 saturated carbocycles. The van der Waals surface area contributed by atoms with Gasteiger partial charge < -0.3 is 25.0 Å². The molecule has 4 aromatic rings. The Bertz CT molecular complexity index is 2600. The van der Waals surface area contributed by atoms with Crippen molar-refractivity contribution in [1.29, 1.82) is 0 Å². The third-order valence-corrected chi connectivity index (χ3v) is 16.1. The molecule has 0 bridgehead atoms. The van der Waals surface area contributed by atoms with Crippen LogP contribution in [-0.2, 0) is 30.6 Å². The van der Waals surface area contributed by atoms with Crippen LogP contribution in [0.15, 0.2) is 60.0 Å². The Labute approximate surface area is 374 Å². The molecule has 2 aromatic heterocycles. The summed E-state index contributed by atoms with van der Waals surface area (Å²) in [6.07, 6.45) is 2.48. The first-order chi connectivity index (χ1) is 30.3. The summed E-state index contributed by atoms with van der Waals surface area (Å²) in [6.45, 7) is 7.52. The molecule has 2 aromatic carbocycles. The number of pyridine rings is 1. The lowest BCUT2D eigenvalue weighted by molar-refractivity contribution is -0.140. The lowest BCUT2D eigenvalue weighted by Crippen LogP contribution is -2.58. The van der Waals surface area contributed by atoms with Crippen molar-refractivity contribution in [2.45, 2.75) is 126 Å². The van der Waals surface area contributed by atoms with Crippen LogP contribution in [0, 0.1) is 12.8 Å². The maximum Gasteiger partial charge on any atom is 0.416 e. The van der Waals surface area contributed by atoms with Gasteiger partial charge in [0.15, 0.2) is 0 Å². The number of anilines is 1. The van der Waals surface area contributed by atoms with Crippen LogP contribution in [0.3, 0.4) is 0 Å². The summed E-state index contributed by atoms with van der Waals surface area (Å²) in [5, 5.41) is 9.40. The topological polar surface area (TPSA) is 169 Å². The Balaban J connectivity index is 1.15. The summed E-state index contributed by atoms with van der Waals surface area (Å²) in [4.78, 5) is 55.0. The van der Waals surface area contributed by atoms with Gasteiger partial charge in [-0.25, -0.2) is 18.4 Å². The summed E-state index contributed by atoms with van der Waals surface area (Å²) in [6, 6.07) is 7.78. The van der Waals surface area contributed by atoms with Crippen LogP contribution < -0.4 is 24.8 Å². The maximum atomic E-state index is 14.9. The van der Waals surface area contributed by atoms with E-state index in [0.717, 1.165) is 36.2 Å². The van der Waals surface area contributed by atoms with Crippen molar-refractivity contribution in [1.82, 2.24) is 24.9 Å². The zero-order valence-corrected chi connectivity index (χ0v) is 38.0. The molecule has 13 nitrogen and oxygen atoms in total. The standard InChI is InChI=1S/C46H53F3N6O7S2/c1-26(2)35-25-63-41(52-35)34-22-38(32-17-18-37(61-5)27(3)39(32)51-34)62-31-21-36-40(56)53-45(43(58)54-64(59,60)44(4)19-20-44)23-29(45)11-9-7-6-8-10-12-33(42(57)55(36)24-31)50-30-15-13-28(14-16-30)46(47,48)49/h9,11,13-18,22,25-26,29,31,33,36,50H,6-8,10,12,19-21,23-24H2,1-5H3,(H,53,56)(H,54,58)/t29-,31-,33+,36+,45-/m1/s1. The number of methoxy groups -OCH3 is 1. The maximum absolute atomic E-state index is 14.9. The molecule has 4 aliphatic rings. The van der Waals surface area contributed by atoms with Gasteiger partial charge in [-0.05, 0) is 94.7 Å². The number of hydrogen-bond acceptors (Lipinski definition) is 11. The van der Waals surface area contributed by atoms with Gasteiger partial charge in [-0.3, -0.25) is 19.1 Å². The number of nitrogens with zero attached hydrogens (tertiary/aromatic N) is 3. The average molecular weight is 923 g/mol. The molecule has 1 saturated heterocycles. The van der Waals surface area contributed by atoms with Gasteiger partial charge in [0.05, 0.1) is 35.2 Å². The number of hydrogen-bond donors (Lipinski definition) is 3. The Kier molecular flexibility index (Phi) is 12.2. The molecular weight excluding hydrogens is 870 g/mol. The normalized spacial score (nSPS) is 24.9. The van der Waals surface area contributed by atoms with Crippen molar-refractivity contribution in [3.05, 3.63) is 76.8 Å². The number of carbonyl (C=O) groups is 3. The smallest absolute Gasteiger partial charge is 0.416 e. The predicted molar refractivity (Wildman–Crippen MR) is 238 cm³/mol. The van der Waals surface area contributed by atoms with E-state index in [1.165, 1.54) is 28.4 Å². The van der Waals surface area contributed by atoms with E-state index in [1.54, 1.807) is 20.1 Å². The second kappa shape index (κ2) is 17.3. The SMILES string of the molecule is COc1ccc2c(O[C@@H]3C[C@H]4C(=O)N[C@]5(C(=O)NS(=O)(=O)C6(C)CC6)C[C@H]5C=CCCCCC[C@H](Nc5ccc(C(F)(F)F)cc5)C(=O)N4C3)cc(-c3nc(C(C)C)cs3)nc2c1C. The summed E-state index contributed by atoms with van der Waals surface area (Å²) >= 11 is 1.45. The van der Waals surface area contributed by atoms with Crippen LogP contribution in [-0.4, -0.2) is 83.1 Å². The van der Waals surface area contributed by atoms with Crippen LogP contribution in [0.1, 0.15) is 101 Å². The van der Waals surface area contributed by atoms with E-state index in [-0.39, 0.29) is 25.3 Å². The molecule has 3 N–H and O–H groups in total. The molecular formula is C46H53F3N6O7S2. The van der Waals surface area contributed by atoms with Crippen LogP contribution >= 0.6 is 11.3 Å². The Morgan fingerprint density at radius 2 is 1.80 bits per heavy atom. The lowest BCUT2D eigenvalue weighted by atomic mass is 10.0. The fourth-order valence-corrected chi connectivity index (χ4v) is 10.8. The monoisotopic (exact) mass is 922 g/mol. The Morgan fingerprint density at radius 3 is 2.47 bits per heavy atom. The second-order valence-corrected chi connectivity index (χ2v) is 21.1. The molecule has 2 aliphatic heterocycles. The van der Waals surface area contributed by atoms with Gasteiger partial charge in [0.1, 0.15) is 45.9 Å². The number of nitrogens with one attached hydrogen (secondary N) is 3. The highest BCUT2D eigenvalue weighted by atomic mass is 32.2. The van der Waals surface area contributed by atoms with Crippen molar-refractivity contribution in [2.24, 2.45) is 5.92 Å².